The van der Waals surface area contributed by atoms with E-state index in [0.717, 1.165) is 61.5 Å². The van der Waals surface area contributed by atoms with Crippen LogP contribution in [0.25, 0.3) is 0 Å². The minimum absolute atomic E-state index is 0.148. The Hall–Kier alpha value is -1.84. The zero-order chi connectivity index (χ0) is 22.5. The van der Waals surface area contributed by atoms with Crippen LogP contribution < -0.4 is 0 Å². The second-order valence-corrected chi connectivity index (χ2v) is 9.47. The van der Waals surface area contributed by atoms with Crippen molar-refractivity contribution in [3.05, 3.63) is 34.4 Å². The Kier molecular flexibility index (Phi) is 12.4. The molecule has 0 unspecified atom stereocenters. The molecule has 0 spiro atoms. The fourth-order valence-electron chi connectivity index (χ4n) is 3.95. The van der Waals surface area contributed by atoms with E-state index in [1.165, 1.54) is 31.7 Å². The molecule has 4 nitrogen and oxygen atoms in total. The monoisotopic (exact) mass is 418 g/mol. The molecule has 1 aromatic carbocycles. The maximum absolute atomic E-state index is 11.7. The van der Waals surface area contributed by atoms with Crippen molar-refractivity contribution in [3.8, 4) is 0 Å². The number of unbranched alkanes of at least 4 members (excludes halogenated alkanes) is 6. The highest BCUT2D eigenvalue weighted by Crippen LogP contribution is 2.23. The maximum atomic E-state index is 11.7. The third kappa shape index (κ3) is 10.3. The molecule has 1 rings (SSSR count). The minimum atomic E-state index is -1.03. The van der Waals surface area contributed by atoms with Crippen LogP contribution >= 0.6 is 0 Å². The van der Waals surface area contributed by atoms with Crippen molar-refractivity contribution in [3.63, 3.8) is 0 Å². The molecule has 0 aliphatic heterocycles. The number of aromatic carboxylic acids is 2. The van der Waals surface area contributed by atoms with Gasteiger partial charge in [-0.3, -0.25) is 0 Å². The molecule has 170 valence electrons. The SMILES string of the molecule is CC(C)CCCCCCc1cc(CCCCCCC(C)C)c(C(=O)O)cc1C(=O)O. The highest BCUT2D eigenvalue weighted by atomic mass is 16.4. The maximum Gasteiger partial charge on any atom is 0.335 e. The predicted octanol–water partition coefficient (Wildman–Crippen LogP) is 7.38. The van der Waals surface area contributed by atoms with Gasteiger partial charge in [0.15, 0.2) is 0 Å². The molecule has 0 saturated heterocycles. The first-order chi connectivity index (χ1) is 14.2. The Morgan fingerprint density at radius 2 is 1.00 bits per heavy atom. The quantitative estimate of drug-likeness (QED) is 0.275. The highest BCUT2D eigenvalue weighted by molar-refractivity contribution is 5.96. The summed E-state index contributed by atoms with van der Waals surface area (Å²) in [4.78, 5) is 23.4. The van der Waals surface area contributed by atoms with Gasteiger partial charge >= 0.3 is 11.9 Å². The molecule has 30 heavy (non-hydrogen) atoms. The van der Waals surface area contributed by atoms with E-state index in [4.69, 9.17) is 0 Å². The van der Waals surface area contributed by atoms with Crippen LogP contribution in [-0.4, -0.2) is 22.2 Å². The number of rotatable bonds is 16. The van der Waals surface area contributed by atoms with Gasteiger partial charge in [-0.25, -0.2) is 9.59 Å². The first-order valence-electron chi connectivity index (χ1n) is 11.8. The van der Waals surface area contributed by atoms with Gasteiger partial charge in [-0.1, -0.05) is 85.1 Å². The standard InChI is InChI=1S/C26H42O4/c1-19(2)13-9-5-7-11-15-21-17-22(16-12-8-6-10-14-20(3)4)24(26(29)30)18-23(21)25(27)28/h17-20H,5-16H2,1-4H3,(H,27,28)(H,29,30). The Morgan fingerprint density at radius 1 is 0.633 bits per heavy atom. The summed E-state index contributed by atoms with van der Waals surface area (Å²) in [6.07, 6.45) is 12.7. The molecule has 4 heteroatoms. The van der Waals surface area contributed by atoms with E-state index in [1.807, 2.05) is 6.07 Å². The van der Waals surface area contributed by atoms with Gasteiger partial charge in [0.2, 0.25) is 0 Å². The predicted molar refractivity (Wildman–Crippen MR) is 124 cm³/mol. The summed E-state index contributed by atoms with van der Waals surface area (Å²) in [6, 6.07) is 3.24. The van der Waals surface area contributed by atoms with E-state index >= 15 is 0 Å². The lowest BCUT2D eigenvalue weighted by molar-refractivity contribution is 0.0695. The number of hydrogen-bond donors (Lipinski definition) is 2. The van der Waals surface area contributed by atoms with Crippen LogP contribution in [0.15, 0.2) is 12.1 Å². The number of benzene rings is 1. The van der Waals surface area contributed by atoms with Crippen molar-refractivity contribution in [2.24, 2.45) is 11.8 Å². The Labute approximate surface area is 183 Å². The van der Waals surface area contributed by atoms with Gasteiger partial charge in [0.05, 0.1) is 11.1 Å². The smallest absolute Gasteiger partial charge is 0.335 e. The summed E-state index contributed by atoms with van der Waals surface area (Å²) in [5.74, 6) is -0.625. The summed E-state index contributed by atoms with van der Waals surface area (Å²) >= 11 is 0. The lowest BCUT2D eigenvalue weighted by Gasteiger charge is -2.13. The largest absolute Gasteiger partial charge is 0.478 e. The van der Waals surface area contributed by atoms with Gasteiger partial charge < -0.3 is 10.2 Å². The highest BCUT2D eigenvalue weighted by Gasteiger charge is 2.18. The molecule has 0 saturated carbocycles. The van der Waals surface area contributed by atoms with Gasteiger partial charge in [-0.05, 0) is 54.7 Å². The van der Waals surface area contributed by atoms with Crippen molar-refractivity contribution in [1.29, 1.82) is 0 Å². The molecule has 0 heterocycles. The molecule has 0 bridgehead atoms. The molecule has 0 aliphatic rings. The Balaban J connectivity index is 2.74. The topological polar surface area (TPSA) is 74.6 Å². The summed E-state index contributed by atoms with van der Waals surface area (Å²) in [5, 5.41) is 19.2. The summed E-state index contributed by atoms with van der Waals surface area (Å²) in [7, 11) is 0. The van der Waals surface area contributed by atoms with Crippen LogP contribution in [0.4, 0.5) is 0 Å². The molecular formula is C26H42O4. The Bertz CT molecular complexity index is 608. The normalized spacial score (nSPS) is 11.4. The molecule has 0 radical (unpaired) electrons. The molecule has 0 aromatic heterocycles. The summed E-state index contributed by atoms with van der Waals surface area (Å²) < 4.78 is 0. The molecule has 2 N–H and O–H groups in total. The van der Waals surface area contributed by atoms with E-state index in [1.54, 1.807) is 0 Å². The summed E-state index contributed by atoms with van der Waals surface area (Å²) in [5.41, 5.74) is 1.86. The van der Waals surface area contributed by atoms with E-state index < -0.39 is 11.9 Å². The van der Waals surface area contributed by atoms with Crippen molar-refractivity contribution >= 4 is 11.9 Å². The number of carboxylic acids is 2. The molecule has 1 aromatic rings. The molecule has 0 amide bonds. The van der Waals surface area contributed by atoms with Crippen LogP contribution in [0.1, 0.15) is 124 Å². The first kappa shape index (κ1) is 26.2. The number of aryl methyl sites for hydroxylation is 2. The zero-order valence-electron chi connectivity index (χ0n) is 19.5. The summed E-state index contributed by atoms with van der Waals surface area (Å²) in [6.45, 7) is 8.92. The van der Waals surface area contributed by atoms with Gasteiger partial charge in [0.25, 0.3) is 0 Å². The number of carbonyl (C=O) groups is 2. The van der Waals surface area contributed by atoms with Gasteiger partial charge in [0, 0.05) is 0 Å². The second kappa shape index (κ2) is 14.2. The lowest BCUT2D eigenvalue weighted by atomic mass is 9.92. The fourth-order valence-corrected chi connectivity index (χ4v) is 3.95. The third-order valence-corrected chi connectivity index (χ3v) is 5.75. The molecule has 0 aliphatic carbocycles. The Morgan fingerprint density at radius 3 is 1.33 bits per heavy atom. The molecular weight excluding hydrogens is 376 g/mol. The van der Waals surface area contributed by atoms with Crippen molar-refractivity contribution < 1.29 is 19.8 Å². The fraction of sp³-hybridized carbons (Fsp3) is 0.692. The average Bonchev–Trinajstić information content (AvgIpc) is 2.66. The van der Waals surface area contributed by atoms with Crippen molar-refractivity contribution in [2.45, 2.75) is 105 Å². The molecule has 0 fully saturated rings. The van der Waals surface area contributed by atoms with Crippen molar-refractivity contribution in [1.82, 2.24) is 0 Å². The molecule has 0 atom stereocenters. The van der Waals surface area contributed by atoms with E-state index in [0.29, 0.717) is 12.8 Å². The van der Waals surface area contributed by atoms with Crippen LogP contribution in [0.5, 0.6) is 0 Å². The van der Waals surface area contributed by atoms with E-state index in [-0.39, 0.29) is 11.1 Å². The van der Waals surface area contributed by atoms with Gasteiger partial charge in [-0.15, -0.1) is 0 Å². The minimum Gasteiger partial charge on any atom is -0.478 e. The zero-order valence-corrected chi connectivity index (χ0v) is 19.5. The van der Waals surface area contributed by atoms with E-state index in [9.17, 15) is 19.8 Å². The number of hydrogen-bond acceptors (Lipinski definition) is 2. The first-order valence-corrected chi connectivity index (χ1v) is 11.8. The van der Waals surface area contributed by atoms with Crippen LogP contribution in [0, 0.1) is 11.8 Å². The van der Waals surface area contributed by atoms with Crippen molar-refractivity contribution in [2.75, 3.05) is 0 Å². The van der Waals surface area contributed by atoms with Gasteiger partial charge in [0.1, 0.15) is 0 Å². The van der Waals surface area contributed by atoms with Crippen LogP contribution in [0.3, 0.4) is 0 Å². The van der Waals surface area contributed by atoms with Gasteiger partial charge in [-0.2, -0.15) is 0 Å². The lowest BCUT2D eigenvalue weighted by Crippen LogP contribution is -2.10. The van der Waals surface area contributed by atoms with Crippen LogP contribution in [0.2, 0.25) is 0 Å². The number of carboxylic acid groups (broad SMARTS) is 2. The van der Waals surface area contributed by atoms with E-state index in [2.05, 4.69) is 27.7 Å². The van der Waals surface area contributed by atoms with Crippen LogP contribution in [-0.2, 0) is 12.8 Å². The average molecular weight is 419 g/mol. The third-order valence-electron chi connectivity index (χ3n) is 5.75. The second-order valence-electron chi connectivity index (χ2n) is 9.47.